The van der Waals surface area contributed by atoms with Gasteiger partial charge in [0, 0.05) is 6.08 Å². The van der Waals surface area contributed by atoms with Crippen LogP contribution in [0, 0.1) is 0 Å². The monoisotopic (exact) mass is 146 g/mol. The molecule has 0 saturated carbocycles. The van der Waals surface area contributed by atoms with Gasteiger partial charge in [0.25, 0.3) is 5.95 Å². The third-order valence-electron chi connectivity index (χ3n) is 0.880. The van der Waals surface area contributed by atoms with E-state index in [9.17, 15) is 4.79 Å². The highest BCUT2D eigenvalue weighted by Crippen LogP contribution is 1.92. The van der Waals surface area contributed by atoms with Crippen molar-refractivity contribution in [1.82, 2.24) is 0 Å². The lowest BCUT2D eigenvalue weighted by Crippen LogP contribution is -1.98. The molecule has 0 amide bonds. The number of hydrogen-bond donors (Lipinski definition) is 1. The maximum Gasteiger partial charge on any atom is 0.309 e. The van der Waals surface area contributed by atoms with Crippen LogP contribution in [-0.4, -0.2) is 25.3 Å². The second-order valence-corrected chi connectivity index (χ2v) is 1.53. The molecule has 0 radical (unpaired) electrons. The molecular formula is C6H10O4. The first-order valence-electron chi connectivity index (χ1n) is 2.70. The summed E-state index contributed by atoms with van der Waals surface area (Å²) >= 11 is 0. The van der Waals surface area contributed by atoms with Crippen molar-refractivity contribution in [3.63, 3.8) is 0 Å². The van der Waals surface area contributed by atoms with Gasteiger partial charge in [-0.3, -0.25) is 4.79 Å². The topological polar surface area (TPSA) is 55.8 Å². The summed E-state index contributed by atoms with van der Waals surface area (Å²) in [6.45, 7) is 0. The third-order valence-corrected chi connectivity index (χ3v) is 0.880. The first-order chi connectivity index (χ1) is 4.70. The zero-order chi connectivity index (χ0) is 7.98. The van der Waals surface area contributed by atoms with Crippen molar-refractivity contribution in [2.75, 3.05) is 14.2 Å². The van der Waals surface area contributed by atoms with Crippen molar-refractivity contribution in [2.24, 2.45) is 0 Å². The molecule has 0 rings (SSSR count). The number of aliphatic hydroxyl groups excluding tert-OH is 1. The van der Waals surface area contributed by atoms with Crippen molar-refractivity contribution in [3.8, 4) is 0 Å². The van der Waals surface area contributed by atoms with E-state index >= 15 is 0 Å². The number of ether oxygens (including phenoxy) is 2. The minimum absolute atomic E-state index is 0.0240. The quantitative estimate of drug-likeness (QED) is 0.467. The molecule has 0 fully saturated rings. The van der Waals surface area contributed by atoms with Crippen molar-refractivity contribution in [2.45, 2.75) is 6.42 Å². The molecule has 0 aromatic heterocycles. The van der Waals surface area contributed by atoms with Crippen LogP contribution in [0.4, 0.5) is 0 Å². The van der Waals surface area contributed by atoms with Crippen LogP contribution in [-0.2, 0) is 14.3 Å². The maximum atomic E-state index is 10.4. The fraction of sp³-hybridized carbons (Fsp3) is 0.500. The predicted octanol–water partition coefficient (Wildman–Crippen LogP) is 0.595. The number of carbonyl (C=O) groups is 1. The molecule has 0 atom stereocenters. The Balaban J connectivity index is 3.61. The summed E-state index contributed by atoms with van der Waals surface area (Å²) in [5.41, 5.74) is 0. The lowest BCUT2D eigenvalue weighted by Gasteiger charge is -1.95. The standard InChI is InChI=1S/C6H10O4/c1-9-5(7)3-4-6(8)10-2/h3,7H,4H2,1-2H3. The molecule has 10 heavy (non-hydrogen) atoms. The second kappa shape index (κ2) is 4.67. The molecule has 4 nitrogen and oxygen atoms in total. The Morgan fingerprint density at radius 3 is 2.50 bits per heavy atom. The lowest BCUT2D eigenvalue weighted by molar-refractivity contribution is -0.139. The van der Waals surface area contributed by atoms with Gasteiger partial charge < -0.3 is 14.6 Å². The molecule has 0 aliphatic carbocycles. The molecule has 1 N–H and O–H groups in total. The molecule has 0 spiro atoms. The van der Waals surface area contributed by atoms with Crippen LogP contribution < -0.4 is 0 Å². The Kier molecular flexibility index (Phi) is 4.11. The molecule has 0 aromatic rings. The molecule has 0 heterocycles. The summed E-state index contributed by atoms with van der Waals surface area (Å²) in [5.74, 6) is -0.686. The van der Waals surface area contributed by atoms with E-state index in [4.69, 9.17) is 5.11 Å². The van der Waals surface area contributed by atoms with Gasteiger partial charge in [-0.1, -0.05) is 0 Å². The molecule has 0 aromatic carbocycles. The summed E-state index contributed by atoms with van der Waals surface area (Å²) in [6, 6.07) is 0. The second-order valence-electron chi connectivity index (χ2n) is 1.53. The van der Waals surface area contributed by atoms with E-state index in [1.165, 1.54) is 20.3 Å². The number of hydrogen-bond acceptors (Lipinski definition) is 4. The average Bonchev–Trinajstić information content (AvgIpc) is 1.99. The first-order valence-corrected chi connectivity index (χ1v) is 2.70. The van der Waals surface area contributed by atoms with Gasteiger partial charge in [-0.25, -0.2) is 0 Å². The van der Waals surface area contributed by atoms with Crippen molar-refractivity contribution >= 4 is 5.97 Å². The molecule has 0 aliphatic heterocycles. The van der Waals surface area contributed by atoms with Gasteiger partial charge in [-0.05, 0) is 0 Å². The Labute approximate surface area is 59.1 Å². The van der Waals surface area contributed by atoms with Crippen LogP contribution in [0.3, 0.4) is 0 Å². The average molecular weight is 146 g/mol. The molecule has 0 bridgehead atoms. The van der Waals surface area contributed by atoms with Crippen LogP contribution >= 0.6 is 0 Å². The summed E-state index contributed by atoms with van der Waals surface area (Å²) in [4.78, 5) is 10.4. The van der Waals surface area contributed by atoms with Crippen LogP contribution in [0.5, 0.6) is 0 Å². The van der Waals surface area contributed by atoms with E-state index < -0.39 is 5.97 Å². The number of carbonyl (C=O) groups excluding carboxylic acids is 1. The summed E-state index contributed by atoms with van der Waals surface area (Å²) < 4.78 is 8.65. The highest BCUT2D eigenvalue weighted by atomic mass is 16.6. The Morgan fingerprint density at radius 2 is 2.10 bits per heavy atom. The number of esters is 1. The van der Waals surface area contributed by atoms with Crippen LogP contribution in [0.15, 0.2) is 12.0 Å². The fourth-order valence-corrected chi connectivity index (χ4v) is 0.337. The third kappa shape index (κ3) is 3.77. The predicted molar refractivity (Wildman–Crippen MR) is 34.4 cm³/mol. The van der Waals surface area contributed by atoms with E-state index in [0.29, 0.717) is 0 Å². The van der Waals surface area contributed by atoms with E-state index in [1.807, 2.05) is 0 Å². The number of rotatable bonds is 3. The van der Waals surface area contributed by atoms with E-state index in [1.54, 1.807) is 0 Å². The van der Waals surface area contributed by atoms with Crippen molar-refractivity contribution in [1.29, 1.82) is 0 Å². The van der Waals surface area contributed by atoms with E-state index in [2.05, 4.69) is 9.47 Å². The first kappa shape index (κ1) is 8.81. The lowest BCUT2D eigenvalue weighted by atomic mass is 10.4. The molecule has 4 heteroatoms. The normalized spacial score (nSPS) is 10.8. The van der Waals surface area contributed by atoms with E-state index in [0.717, 1.165) is 0 Å². The largest absolute Gasteiger partial charge is 0.481 e. The number of methoxy groups -OCH3 is 2. The van der Waals surface area contributed by atoms with Crippen LogP contribution in [0.2, 0.25) is 0 Å². The smallest absolute Gasteiger partial charge is 0.309 e. The molecule has 0 saturated heterocycles. The SMILES string of the molecule is COC(=O)CC=C(O)OC. The van der Waals surface area contributed by atoms with Gasteiger partial charge in [0.2, 0.25) is 0 Å². The van der Waals surface area contributed by atoms with Gasteiger partial charge in [-0.2, -0.15) is 0 Å². The van der Waals surface area contributed by atoms with Gasteiger partial charge in [0.05, 0.1) is 20.6 Å². The van der Waals surface area contributed by atoms with Crippen LogP contribution in [0.1, 0.15) is 6.42 Å². The van der Waals surface area contributed by atoms with Gasteiger partial charge in [-0.15, -0.1) is 0 Å². The highest BCUT2D eigenvalue weighted by molar-refractivity contribution is 5.70. The highest BCUT2D eigenvalue weighted by Gasteiger charge is 1.97. The molecule has 58 valence electrons. The fourth-order valence-electron chi connectivity index (χ4n) is 0.337. The summed E-state index contributed by atoms with van der Waals surface area (Å²) in [7, 11) is 2.59. The molecule has 0 unspecified atom stereocenters. The van der Waals surface area contributed by atoms with Crippen LogP contribution in [0.25, 0.3) is 0 Å². The molecular weight excluding hydrogens is 136 g/mol. The van der Waals surface area contributed by atoms with Crippen molar-refractivity contribution < 1.29 is 19.4 Å². The zero-order valence-electron chi connectivity index (χ0n) is 5.96. The van der Waals surface area contributed by atoms with Gasteiger partial charge >= 0.3 is 5.97 Å². The Hall–Kier alpha value is -1.19. The minimum atomic E-state index is -0.413. The van der Waals surface area contributed by atoms with Crippen molar-refractivity contribution in [3.05, 3.63) is 12.0 Å². The van der Waals surface area contributed by atoms with Gasteiger partial charge in [0.15, 0.2) is 0 Å². The minimum Gasteiger partial charge on any atom is -0.481 e. The Morgan fingerprint density at radius 1 is 1.50 bits per heavy atom. The number of aliphatic hydroxyl groups is 1. The summed E-state index contributed by atoms with van der Waals surface area (Å²) in [5, 5.41) is 8.63. The molecule has 0 aliphatic rings. The van der Waals surface area contributed by atoms with E-state index in [-0.39, 0.29) is 12.4 Å². The van der Waals surface area contributed by atoms with Gasteiger partial charge in [0.1, 0.15) is 0 Å². The zero-order valence-corrected chi connectivity index (χ0v) is 5.96. The summed E-state index contributed by atoms with van der Waals surface area (Å²) in [6.07, 6.45) is 1.25. The Bertz CT molecular complexity index is 139. The maximum absolute atomic E-state index is 10.4.